The number of aromatic nitrogens is 4. The molecule has 11 nitrogen and oxygen atoms in total. The van der Waals surface area contributed by atoms with Crippen molar-refractivity contribution in [1.82, 2.24) is 15.0 Å². The lowest BCUT2D eigenvalue weighted by Gasteiger charge is -2.18. The number of benzene rings is 1. The van der Waals surface area contributed by atoms with Gasteiger partial charge in [0.1, 0.15) is 11.4 Å². The molecular formula is C20H20N6O5. The number of carbonyl (C=O) groups excluding carboxylic acids is 2. The molecule has 0 aliphatic carbocycles. The van der Waals surface area contributed by atoms with Crippen molar-refractivity contribution < 1.29 is 19.1 Å². The number of amides is 2. The number of nitrogens with zero attached hydrogens (tertiary/aromatic N) is 3. The van der Waals surface area contributed by atoms with Crippen molar-refractivity contribution in [2.45, 2.75) is 32.6 Å². The van der Waals surface area contributed by atoms with Crippen LogP contribution in [0.3, 0.4) is 0 Å². The molecule has 2 aromatic heterocycles. The third-order valence-electron chi connectivity index (χ3n) is 4.63. The maximum atomic E-state index is 12.5. The molecule has 0 fully saturated rings. The van der Waals surface area contributed by atoms with Crippen molar-refractivity contribution in [2.24, 2.45) is 0 Å². The van der Waals surface area contributed by atoms with E-state index in [-0.39, 0.29) is 36.0 Å². The zero-order valence-electron chi connectivity index (χ0n) is 17.1. The lowest BCUT2D eigenvalue weighted by atomic mass is 9.93. The Morgan fingerprint density at radius 2 is 2.06 bits per heavy atom. The molecule has 0 radical (unpaired) electrons. The number of H-pyrrole nitrogens is 1. The minimum absolute atomic E-state index is 0.0398. The highest BCUT2D eigenvalue weighted by molar-refractivity contribution is 5.96. The zero-order valence-corrected chi connectivity index (χ0v) is 17.1. The molecule has 0 atom stereocenters. The highest BCUT2D eigenvalue weighted by Gasteiger charge is 2.24. The Hall–Kier alpha value is -4.02. The second-order valence-corrected chi connectivity index (χ2v) is 8.18. The van der Waals surface area contributed by atoms with Gasteiger partial charge in [-0.3, -0.25) is 24.7 Å². The van der Waals surface area contributed by atoms with Crippen LogP contribution in [0.25, 0.3) is 11.2 Å². The number of fused-ring (bicyclic) bond motifs is 2. The van der Waals surface area contributed by atoms with Gasteiger partial charge in [-0.15, -0.1) is 0 Å². The van der Waals surface area contributed by atoms with E-state index in [1.165, 1.54) is 6.20 Å². The minimum Gasteiger partial charge on any atom is -0.618 e. The predicted octanol–water partition coefficient (Wildman–Crippen LogP) is 0.761. The summed E-state index contributed by atoms with van der Waals surface area (Å²) in [6, 6.07) is 5.00. The number of ether oxygens (including phenoxy) is 1. The van der Waals surface area contributed by atoms with E-state index in [9.17, 15) is 19.6 Å². The van der Waals surface area contributed by atoms with E-state index in [0.29, 0.717) is 27.4 Å². The van der Waals surface area contributed by atoms with Gasteiger partial charge < -0.3 is 15.3 Å². The molecule has 1 aromatic carbocycles. The lowest BCUT2D eigenvalue weighted by Crippen LogP contribution is -2.36. The summed E-state index contributed by atoms with van der Waals surface area (Å²) in [4.78, 5) is 47.1. The van der Waals surface area contributed by atoms with Crippen molar-refractivity contribution in [2.75, 3.05) is 17.2 Å². The Labute approximate surface area is 176 Å². The number of hydrogen-bond acceptors (Lipinski definition) is 7. The molecule has 3 heterocycles. The van der Waals surface area contributed by atoms with E-state index in [1.54, 1.807) is 18.2 Å². The average molecular weight is 424 g/mol. The van der Waals surface area contributed by atoms with Gasteiger partial charge in [0.25, 0.3) is 5.91 Å². The van der Waals surface area contributed by atoms with E-state index >= 15 is 0 Å². The number of hydrogen-bond donors (Lipinski definition) is 3. The third kappa shape index (κ3) is 4.15. The van der Waals surface area contributed by atoms with Crippen molar-refractivity contribution in [3.63, 3.8) is 0 Å². The summed E-state index contributed by atoms with van der Waals surface area (Å²) in [6.45, 7) is 5.58. The zero-order chi connectivity index (χ0) is 22.3. The van der Waals surface area contributed by atoms with Gasteiger partial charge in [0.05, 0.1) is 12.1 Å². The predicted molar refractivity (Wildman–Crippen MR) is 111 cm³/mol. The monoisotopic (exact) mass is 424 g/mol. The topological polar surface area (TPSA) is 153 Å². The maximum absolute atomic E-state index is 12.5. The summed E-state index contributed by atoms with van der Waals surface area (Å²) < 4.78 is 5.73. The highest BCUT2D eigenvalue weighted by Crippen LogP contribution is 2.28. The summed E-state index contributed by atoms with van der Waals surface area (Å²) in [7, 11) is 0. The van der Waals surface area contributed by atoms with Crippen LogP contribution in [0.5, 0.6) is 5.75 Å². The summed E-state index contributed by atoms with van der Waals surface area (Å²) in [5, 5.41) is 17.5. The van der Waals surface area contributed by atoms with Gasteiger partial charge >= 0.3 is 11.1 Å². The molecule has 0 spiro atoms. The minimum atomic E-state index is -0.711. The van der Waals surface area contributed by atoms with Crippen LogP contribution in [0.1, 0.15) is 32.0 Å². The Morgan fingerprint density at radius 3 is 2.81 bits per heavy atom. The van der Waals surface area contributed by atoms with Gasteiger partial charge in [0.2, 0.25) is 23.7 Å². The van der Waals surface area contributed by atoms with Crippen LogP contribution in [0, 0.1) is 5.21 Å². The molecule has 0 bridgehead atoms. The van der Waals surface area contributed by atoms with Crippen molar-refractivity contribution in [3.05, 3.63) is 51.2 Å². The molecule has 31 heavy (non-hydrogen) atoms. The molecule has 2 amide bonds. The van der Waals surface area contributed by atoms with Crippen molar-refractivity contribution >= 4 is 34.6 Å². The first-order valence-electron chi connectivity index (χ1n) is 9.50. The Kier molecular flexibility index (Phi) is 4.80. The van der Waals surface area contributed by atoms with Crippen LogP contribution in [0.15, 0.2) is 29.2 Å². The summed E-state index contributed by atoms with van der Waals surface area (Å²) >= 11 is 0. The van der Waals surface area contributed by atoms with Crippen LogP contribution in [-0.2, 0) is 21.4 Å². The number of aromatic amines is 1. The molecule has 0 saturated carbocycles. The molecule has 11 heteroatoms. The first kappa shape index (κ1) is 20.3. The van der Waals surface area contributed by atoms with Crippen LogP contribution in [-0.4, -0.2) is 33.4 Å². The van der Waals surface area contributed by atoms with Gasteiger partial charge in [0, 0.05) is 5.41 Å². The van der Waals surface area contributed by atoms with Crippen LogP contribution in [0.2, 0.25) is 0 Å². The van der Waals surface area contributed by atoms with E-state index < -0.39 is 16.9 Å². The molecule has 0 unspecified atom stereocenters. The Bertz CT molecular complexity index is 1280. The molecule has 4 rings (SSSR count). The largest absolute Gasteiger partial charge is 0.618 e. The summed E-state index contributed by atoms with van der Waals surface area (Å²) in [6.07, 6.45) is 1.21. The SMILES string of the molecule is CC(C)(C)c1c[n+]([O-])c2c(=O)[nH]c(NC(=O)Cc3ccc4c(c3)NC(=O)CO4)nc2n1. The molecule has 3 N–H and O–H groups in total. The summed E-state index contributed by atoms with van der Waals surface area (Å²) in [5.74, 6) is -0.316. The van der Waals surface area contributed by atoms with Gasteiger partial charge in [0.15, 0.2) is 6.61 Å². The molecule has 0 saturated heterocycles. The Morgan fingerprint density at radius 1 is 1.29 bits per heavy atom. The molecule has 1 aliphatic rings. The number of nitrogens with one attached hydrogen (secondary N) is 3. The number of rotatable bonds is 3. The van der Waals surface area contributed by atoms with Gasteiger partial charge in [-0.05, 0) is 17.7 Å². The van der Waals surface area contributed by atoms with Crippen molar-refractivity contribution in [3.8, 4) is 5.75 Å². The van der Waals surface area contributed by atoms with Crippen LogP contribution < -0.4 is 25.7 Å². The van der Waals surface area contributed by atoms with Gasteiger partial charge in [-0.2, -0.15) is 9.71 Å². The van der Waals surface area contributed by atoms with E-state index in [4.69, 9.17) is 4.74 Å². The second kappa shape index (κ2) is 7.35. The lowest BCUT2D eigenvalue weighted by molar-refractivity contribution is -0.578. The van der Waals surface area contributed by atoms with E-state index in [2.05, 4.69) is 25.6 Å². The fourth-order valence-corrected chi connectivity index (χ4v) is 3.07. The number of anilines is 2. The molecule has 160 valence electrons. The fraction of sp³-hybridized carbons (Fsp3) is 0.300. The maximum Gasteiger partial charge on any atom is 0.328 e. The highest BCUT2D eigenvalue weighted by atomic mass is 16.5. The Balaban J connectivity index is 1.58. The number of carbonyl (C=O) groups is 2. The van der Waals surface area contributed by atoms with Gasteiger partial charge in [-0.25, -0.2) is 4.98 Å². The quantitative estimate of drug-likeness (QED) is 0.414. The molecular weight excluding hydrogens is 404 g/mol. The first-order chi connectivity index (χ1) is 14.6. The second-order valence-electron chi connectivity index (χ2n) is 8.18. The van der Waals surface area contributed by atoms with E-state index in [0.717, 1.165) is 0 Å². The first-order valence-corrected chi connectivity index (χ1v) is 9.50. The standard InChI is InChI=1S/C20H20N6O5/c1-20(2,3)13-8-26(30)16-17(22-13)24-19(25-18(16)29)23-14(27)7-10-4-5-12-11(6-10)21-15(28)9-31-12/h4-6,8H,7,9H2,1-3H3,(H,21,28)(H2,22,23,24,25,27,29). The third-order valence-corrected chi connectivity index (χ3v) is 4.63. The van der Waals surface area contributed by atoms with Crippen LogP contribution in [0.4, 0.5) is 11.6 Å². The van der Waals surface area contributed by atoms with Crippen LogP contribution >= 0.6 is 0 Å². The molecule has 3 aromatic rings. The average Bonchev–Trinajstić information content (AvgIpc) is 2.66. The van der Waals surface area contributed by atoms with Crippen molar-refractivity contribution in [1.29, 1.82) is 0 Å². The van der Waals surface area contributed by atoms with Gasteiger partial charge in [-0.1, -0.05) is 26.8 Å². The fourth-order valence-electron chi connectivity index (χ4n) is 3.07. The van der Waals surface area contributed by atoms with E-state index in [1.807, 2.05) is 20.8 Å². The summed E-state index contributed by atoms with van der Waals surface area (Å²) in [5.41, 5.74) is 0.125. The smallest absolute Gasteiger partial charge is 0.328 e. The molecule has 1 aliphatic heterocycles. The normalized spacial score (nSPS) is 13.3.